The van der Waals surface area contributed by atoms with Crippen molar-refractivity contribution >= 4 is 34.8 Å². The third-order valence-corrected chi connectivity index (χ3v) is 8.73. The number of ketones is 1. The summed E-state index contributed by atoms with van der Waals surface area (Å²) < 4.78 is 1.54. The molecule has 0 saturated heterocycles. The van der Waals surface area contributed by atoms with Crippen LogP contribution in [-0.4, -0.2) is 27.3 Å². The van der Waals surface area contributed by atoms with Gasteiger partial charge in [0, 0.05) is 30.9 Å². The van der Waals surface area contributed by atoms with Crippen molar-refractivity contribution in [3.8, 4) is 0 Å². The molecule has 6 rings (SSSR count). The molecule has 214 valence electrons. The molecule has 1 aliphatic rings. The van der Waals surface area contributed by atoms with E-state index < -0.39 is 0 Å². The van der Waals surface area contributed by atoms with Crippen LogP contribution in [0, 0.1) is 5.92 Å². The van der Waals surface area contributed by atoms with Crippen molar-refractivity contribution in [2.75, 3.05) is 11.6 Å². The second-order valence-corrected chi connectivity index (χ2v) is 11.4. The molecule has 1 aliphatic heterocycles. The summed E-state index contributed by atoms with van der Waals surface area (Å²) in [6.07, 6.45) is 2.16. The lowest BCUT2D eigenvalue weighted by Crippen LogP contribution is -2.34. The molecule has 3 atom stereocenters. The predicted molar refractivity (Wildman–Crippen MR) is 175 cm³/mol. The summed E-state index contributed by atoms with van der Waals surface area (Å²) in [7, 11) is 1.72. The van der Waals surface area contributed by atoms with Gasteiger partial charge in [-0.05, 0) is 22.9 Å². The van der Waals surface area contributed by atoms with Crippen molar-refractivity contribution < 1.29 is 4.79 Å². The van der Waals surface area contributed by atoms with Gasteiger partial charge in [-0.3, -0.25) is 14.2 Å². The second kappa shape index (κ2) is 12.6. The van der Waals surface area contributed by atoms with Crippen LogP contribution in [0.2, 0.25) is 0 Å². The molecule has 0 radical (unpaired) electrons. The molecule has 0 spiro atoms. The van der Waals surface area contributed by atoms with Crippen LogP contribution in [0.1, 0.15) is 45.4 Å². The van der Waals surface area contributed by atoms with E-state index in [2.05, 4.69) is 29.6 Å². The summed E-state index contributed by atoms with van der Waals surface area (Å²) in [6.45, 7) is 0. The number of carbonyl (C=O) groups excluding carboxylic acids is 1. The van der Waals surface area contributed by atoms with Crippen LogP contribution in [0.4, 0.5) is 11.5 Å². The maximum absolute atomic E-state index is 13.9. The molecule has 1 aromatic heterocycles. The molecule has 1 unspecified atom stereocenters. The van der Waals surface area contributed by atoms with E-state index in [4.69, 9.17) is 9.98 Å². The minimum Gasteiger partial charge on any atom is -0.361 e. The van der Waals surface area contributed by atoms with Gasteiger partial charge in [-0.1, -0.05) is 133 Å². The number of hydrogen-bond donors (Lipinski definition) is 1. The molecule has 6 nitrogen and oxygen atoms in total. The fourth-order valence-corrected chi connectivity index (χ4v) is 6.42. The van der Waals surface area contributed by atoms with Crippen molar-refractivity contribution in [2.24, 2.45) is 18.0 Å². The molecule has 0 amide bonds. The largest absolute Gasteiger partial charge is 0.361 e. The van der Waals surface area contributed by atoms with E-state index in [0.29, 0.717) is 16.5 Å². The van der Waals surface area contributed by atoms with E-state index in [-0.39, 0.29) is 41.3 Å². The number of nitrogens with zero attached hydrogens (tertiary/aromatic N) is 3. The van der Waals surface area contributed by atoms with Crippen molar-refractivity contribution in [1.82, 2.24) is 9.55 Å². The van der Waals surface area contributed by atoms with Gasteiger partial charge in [0.25, 0.3) is 5.56 Å². The molecule has 0 bridgehead atoms. The van der Waals surface area contributed by atoms with Crippen molar-refractivity contribution in [3.05, 3.63) is 154 Å². The van der Waals surface area contributed by atoms with E-state index in [1.807, 2.05) is 103 Å². The van der Waals surface area contributed by atoms with Gasteiger partial charge < -0.3 is 5.32 Å². The zero-order chi connectivity index (χ0) is 29.8. The van der Waals surface area contributed by atoms with Crippen molar-refractivity contribution in [1.29, 1.82) is 0 Å². The van der Waals surface area contributed by atoms with E-state index in [1.54, 1.807) is 11.6 Å². The average Bonchev–Trinajstić information content (AvgIpc) is 3.24. The maximum atomic E-state index is 13.9. The van der Waals surface area contributed by atoms with E-state index in [0.717, 1.165) is 22.4 Å². The van der Waals surface area contributed by atoms with Gasteiger partial charge >= 0.3 is 0 Å². The Bertz CT molecular complexity index is 1810. The SMILES string of the molecule is CSc1nc2c(c(=O)n1C)N=C(c1ccccc1)[C@H]([C@H](CC(=O)c1ccccc1)c1ccccc1)C(c1ccccc1)N2. The summed E-state index contributed by atoms with van der Waals surface area (Å²) in [5.41, 5.74) is 4.40. The Morgan fingerprint density at radius 3 is 2.07 bits per heavy atom. The molecule has 0 fully saturated rings. The zero-order valence-electron chi connectivity index (χ0n) is 24.1. The van der Waals surface area contributed by atoms with Gasteiger partial charge in [-0.2, -0.15) is 0 Å². The number of aromatic nitrogens is 2. The molecule has 0 saturated carbocycles. The zero-order valence-corrected chi connectivity index (χ0v) is 24.9. The van der Waals surface area contributed by atoms with Crippen LogP contribution < -0.4 is 10.9 Å². The Balaban J connectivity index is 1.63. The van der Waals surface area contributed by atoms with Gasteiger partial charge in [-0.15, -0.1) is 0 Å². The number of Topliss-reactive ketones (excluding diaryl/α,β-unsaturated/α-hetero) is 1. The number of carbonyl (C=O) groups is 1. The first kappa shape index (κ1) is 28.4. The Morgan fingerprint density at radius 2 is 1.44 bits per heavy atom. The van der Waals surface area contributed by atoms with Crippen LogP contribution in [0.5, 0.6) is 0 Å². The van der Waals surface area contributed by atoms with Gasteiger partial charge in [0.1, 0.15) is 0 Å². The molecule has 1 N–H and O–H groups in total. The molecule has 5 aromatic rings. The fraction of sp³-hybridized carbons (Fsp3) is 0.167. The number of nitrogens with one attached hydrogen (secondary N) is 1. The van der Waals surface area contributed by atoms with Crippen LogP contribution in [0.25, 0.3) is 0 Å². The highest BCUT2D eigenvalue weighted by atomic mass is 32.2. The lowest BCUT2D eigenvalue weighted by atomic mass is 9.72. The molecule has 7 heteroatoms. The highest BCUT2D eigenvalue weighted by Gasteiger charge is 2.40. The number of hydrogen-bond acceptors (Lipinski definition) is 6. The Hall–Kier alpha value is -4.75. The fourth-order valence-electron chi connectivity index (χ4n) is 5.88. The van der Waals surface area contributed by atoms with Crippen molar-refractivity contribution in [2.45, 2.75) is 23.5 Å². The summed E-state index contributed by atoms with van der Waals surface area (Å²) in [5, 5.41) is 4.26. The smallest absolute Gasteiger partial charge is 0.282 e. The highest BCUT2D eigenvalue weighted by Crippen LogP contribution is 2.45. The van der Waals surface area contributed by atoms with Crippen LogP contribution >= 0.6 is 11.8 Å². The number of aliphatic imine (C=N–C) groups is 1. The minimum atomic E-state index is -0.343. The van der Waals surface area contributed by atoms with E-state index in [1.165, 1.54) is 11.8 Å². The first-order chi connectivity index (χ1) is 21.0. The van der Waals surface area contributed by atoms with E-state index in [9.17, 15) is 9.59 Å². The monoisotopic (exact) mass is 584 g/mol. The Kier molecular flexibility index (Phi) is 8.34. The lowest BCUT2D eigenvalue weighted by Gasteiger charge is -2.35. The first-order valence-corrected chi connectivity index (χ1v) is 15.5. The molecule has 4 aromatic carbocycles. The third-order valence-electron chi connectivity index (χ3n) is 8.00. The van der Waals surface area contributed by atoms with Gasteiger partial charge in [0.05, 0.1) is 11.8 Å². The van der Waals surface area contributed by atoms with Gasteiger partial charge in [0.2, 0.25) is 0 Å². The number of thioether (sulfide) groups is 1. The molecule has 0 aliphatic carbocycles. The first-order valence-electron chi connectivity index (χ1n) is 14.3. The number of anilines is 1. The molecular formula is C36H32N4O2S. The average molecular weight is 585 g/mol. The topological polar surface area (TPSA) is 76.3 Å². The Labute approximate surface area is 255 Å². The van der Waals surface area contributed by atoms with Gasteiger partial charge in [0.15, 0.2) is 22.4 Å². The lowest BCUT2D eigenvalue weighted by molar-refractivity contribution is 0.0967. The summed E-state index contributed by atoms with van der Waals surface area (Å²) in [6, 6.07) is 39.4. The standard InChI is InChI=1S/C36H32N4O2S/c1-40-35(42)33-34(39-36(40)43-2)38-32(27-21-13-6-14-22-27)30(31(37-33)26-19-11-5-12-20-26)28(24-15-7-3-8-16-24)23-29(41)25-17-9-4-10-18-25/h3-22,28,30,32,38H,23H2,1-2H3/t28-,30+,32?/m1/s1. The predicted octanol–water partition coefficient (Wildman–Crippen LogP) is 7.46. The van der Waals surface area contributed by atoms with Crippen molar-refractivity contribution in [3.63, 3.8) is 0 Å². The highest BCUT2D eigenvalue weighted by molar-refractivity contribution is 7.98. The summed E-state index contributed by atoms with van der Waals surface area (Å²) in [5.74, 6) is -0.118. The summed E-state index contributed by atoms with van der Waals surface area (Å²) >= 11 is 1.41. The van der Waals surface area contributed by atoms with E-state index >= 15 is 0 Å². The normalized spacial score (nSPS) is 16.7. The molecule has 43 heavy (non-hydrogen) atoms. The molecule has 2 heterocycles. The van der Waals surface area contributed by atoms with Crippen LogP contribution in [0.3, 0.4) is 0 Å². The Morgan fingerprint density at radius 1 is 0.860 bits per heavy atom. The second-order valence-electron chi connectivity index (χ2n) is 10.6. The summed E-state index contributed by atoms with van der Waals surface area (Å²) in [4.78, 5) is 37.7. The number of benzene rings is 4. The minimum absolute atomic E-state index is 0.0501. The number of rotatable bonds is 8. The van der Waals surface area contributed by atoms with Crippen LogP contribution in [0.15, 0.2) is 136 Å². The third kappa shape index (κ3) is 5.81. The quantitative estimate of drug-likeness (QED) is 0.116. The number of fused-ring (bicyclic) bond motifs is 1. The van der Waals surface area contributed by atoms with Crippen LogP contribution in [-0.2, 0) is 7.05 Å². The van der Waals surface area contributed by atoms with Gasteiger partial charge in [-0.25, -0.2) is 9.98 Å². The maximum Gasteiger partial charge on any atom is 0.282 e. The molecular weight excluding hydrogens is 552 g/mol.